The number of carbonyl (C=O) groups excluding carboxylic acids is 2. The first-order valence-corrected chi connectivity index (χ1v) is 11.3. The molecule has 164 valence electrons. The zero-order valence-corrected chi connectivity index (χ0v) is 18.1. The first-order valence-electron chi connectivity index (χ1n) is 11.3. The van der Waals surface area contributed by atoms with Gasteiger partial charge in [-0.05, 0) is 74.4 Å². The number of nitrogens with one attached hydrogen (secondary N) is 1. The van der Waals surface area contributed by atoms with Crippen molar-refractivity contribution in [1.29, 1.82) is 0 Å². The molecule has 2 heterocycles. The molecule has 0 aliphatic carbocycles. The Bertz CT molecular complexity index is 948. The maximum Gasteiger partial charge on any atom is 0.256 e. The van der Waals surface area contributed by atoms with E-state index in [1.54, 1.807) is 12.1 Å². The Hall–Kier alpha value is -2.89. The monoisotopic (exact) mass is 423 g/mol. The van der Waals surface area contributed by atoms with Gasteiger partial charge in [0.1, 0.15) is 5.82 Å². The predicted molar refractivity (Wildman–Crippen MR) is 121 cm³/mol. The topological polar surface area (TPSA) is 52.7 Å². The Morgan fingerprint density at radius 2 is 1.71 bits per heavy atom. The summed E-state index contributed by atoms with van der Waals surface area (Å²) in [5.74, 6) is -0.129. The molecule has 6 heteroatoms. The van der Waals surface area contributed by atoms with Crippen molar-refractivity contribution in [1.82, 2.24) is 4.90 Å². The summed E-state index contributed by atoms with van der Waals surface area (Å²) in [6.45, 7) is 5.67. The molecule has 2 saturated heterocycles. The van der Waals surface area contributed by atoms with Crippen LogP contribution < -0.4 is 10.2 Å². The third kappa shape index (κ3) is 5.06. The van der Waals surface area contributed by atoms with Gasteiger partial charge in [0, 0.05) is 43.1 Å². The van der Waals surface area contributed by atoms with Gasteiger partial charge in [-0.2, -0.15) is 0 Å². The summed E-state index contributed by atoms with van der Waals surface area (Å²) >= 11 is 0. The van der Waals surface area contributed by atoms with Gasteiger partial charge in [0.25, 0.3) is 11.8 Å². The van der Waals surface area contributed by atoms with Gasteiger partial charge >= 0.3 is 0 Å². The van der Waals surface area contributed by atoms with Crippen molar-refractivity contribution in [2.45, 2.75) is 39.0 Å². The number of rotatable bonds is 4. The molecule has 2 aliphatic heterocycles. The minimum atomic E-state index is -0.455. The number of hydrogen-bond donors (Lipinski definition) is 1. The van der Waals surface area contributed by atoms with Crippen molar-refractivity contribution in [3.8, 4) is 0 Å². The Labute approximate surface area is 183 Å². The average Bonchev–Trinajstić information content (AvgIpc) is 2.80. The molecular weight excluding hydrogens is 393 g/mol. The quantitative estimate of drug-likeness (QED) is 0.758. The van der Waals surface area contributed by atoms with Crippen molar-refractivity contribution < 1.29 is 14.0 Å². The number of benzene rings is 2. The molecular formula is C25H30FN3O2. The lowest BCUT2D eigenvalue weighted by molar-refractivity contribution is 0.0724. The lowest BCUT2D eigenvalue weighted by Crippen LogP contribution is -2.38. The van der Waals surface area contributed by atoms with Gasteiger partial charge in [-0.1, -0.05) is 13.0 Å². The van der Waals surface area contributed by atoms with Crippen LogP contribution in [0.4, 0.5) is 15.8 Å². The fraction of sp³-hybridized carbons (Fsp3) is 0.440. The lowest BCUT2D eigenvalue weighted by Gasteiger charge is -2.35. The van der Waals surface area contributed by atoms with Gasteiger partial charge in [-0.15, -0.1) is 0 Å². The van der Waals surface area contributed by atoms with Gasteiger partial charge in [-0.3, -0.25) is 9.59 Å². The highest BCUT2D eigenvalue weighted by Crippen LogP contribution is 2.30. The molecule has 2 aromatic rings. The standard InChI is InChI=1S/C25H30FN3O2/c1-18-10-14-28(15-11-18)23-9-8-21(27-24(30)19-6-5-7-20(26)16-19)17-22(23)25(31)29-12-3-2-4-13-29/h5-9,16-18H,2-4,10-15H2,1H3,(H,27,30). The van der Waals surface area contributed by atoms with E-state index in [2.05, 4.69) is 17.1 Å². The van der Waals surface area contributed by atoms with Gasteiger partial charge in [0.05, 0.1) is 5.56 Å². The Kier molecular flexibility index (Phi) is 6.54. The van der Waals surface area contributed by atoms with Crippen LogP contribution in [0, 0.1) is 11.7 Å². The minimum Gasteiger partial charge on any atom is -0.371 e. The van der Waals surface area contributed by atoms with Gasteiger partial charge in [0.15, 0.2) is 0 Å². The summed E-state index contributed by atoms with van der Waals surface area (Å²) in [5, 5.41) is 2.83. The summed E-state index contributed by atoms with van der Waals surface area (Å²) in [6.07, 6.45) is 5.42. The largest absolute Gasteiger partial charge is 0.371 e. The van der Waals surface area contributed by atoms with Crippen molar-refractivity contribution in [2.24, 2.45) is 5.92 Å². The molecule has 4 rings (SSSR count). The summed E-state index contributed by atoms with van der Waals surface area (Å²) in [7, 11) is 0. The summed E-state index contributed by atoms with van der Waals surface area (Å²) in [4.78, 5) is 30.2. The Balaban J connectivity index is 1.61. The molecule has 31 heavy (non-hydrogen) atoms. The molecule has 0 atom stereocenters. The molecule has 0 bridgehead atoms. The second-order valence-electron chi connectivity index (χ2n) is 8.72. The van der Waals surface area contributed by atoms with E-state index < -0.39 is 11.7 Å². The first kappa shape index (κ1) is 21.3. The molecule has 2 amide bonds. The zero-order chi connectivity index (χ0) is 21.8. The third-order valence-corrected chi connectivity index (χ3v) is 6.34. The molecule has 0 spiro atoms. The molecule has 2 fully saturated rings. The van der Waals surface area contributed by atoms with Gasteiger partial charge < -0.3 is 15.1 Å². The maximum atomic E-state index is 13.5. The molecule has 1 N–H and O–H groups in total. The summed E-state index contributed by atoms with van der Waals surface area (Å²) in [5.41, 5.74) is 2.36. The van der Waals surface area contributed by atoms with E-state index in [9.17, 15) is 14.0 Å². The smallest absolute Gasteiger partial charge is 0.256 e. The number of anilines is 2. The van der Waals surface area contributed by atoms with Crippen LogP contribution in [0.25, 0.3) is 0 Å². The third-order valence-electron chi connectivity index (χ3n) is 6.34. The van der Waals surface area contributed by atoms with Crippen LogP contribution in [0.2, 0.25) is 0 Å². The molecule has 5 nitrogen and oxygen atoms in total. The molecule has 2 aromatic carbocycles. The van der Waals surface area contributed by atoms with Crippen molar-refractivity contribution in [3.63, 3.8) is 0 Å². The SMILES string of the molecule is CC1CCN(c2ccc(NC(=O)c3cccc(F)c3)cc2C(=O)N2CCCCC2)CC1. The second kappa shape index (κ2) is 9.50. The van der Waals surface area contributed by atoms with Crippen LogP contribution in [0.3, 0.4) is 0 Å². The number of halogens is 1. The maximum absolute atomic E-state index is 13.5. The van der Waals surface area contributed by atoms with E-state index in [-0.39, 0.29) is 11.5 Å². The zero-order valence-electron chi connectivity index (χ0n) is 18.1. The predicted octanol–water partition coefficient (Wildman–Crippen LogP) is 4.94. The number of likely N-dealkylation sites (tertiary alicyclic amines) is 1. The van der Waals surface area contributed by atoms with Gasteiger partial charge in [-0.25, -0.2) is 4.39 Å². The van der Waals surface area contributed by atoms with Crippen LogP contribution in [-0.2, 0) is 0 Å². The van der Waals surface area contributed by atoms with Crippen LogP contribution >= 0.6 is 0 Å². The number of hydrogen-bond acceptors (Lipinski definition) is 3. The van der Waals surface area contributed by atoms with E-state index in [0.717, 1.165) is 64.0 Å². The highest BCUT2D eigenvalue weighted by molar-refractivity contribution is 6.06. The van der Waals surface area contributed by atoms with Crippen molar-refractivity contribution in [2.75, 3.05) is 36.4 Å². The highest BCUT2D eigenvalue weighted by atomic mass is 19.1. The van der Waals surface area contributed by atoms with E-state index in [4.69, 9.17) is 0 Å². The number of carbonyl (C=O) groups is 2. The number of amides is 2. The van der Waals surface area contributed by atoms with Crippen LogP contribution in [-0.4, -0.2) is 42.9 Å². The normalized spacial score (nSPS) is 17.5. The van der Waals surface area contributed by atoms with Crippen molar-refractivity contribution in [3.05, 3.63) is 59.4 Å². The van der Waals surface area contributed by atoms with Crippen LogP contribution in [0.15, 0.2) is 42.5 Å². The van der Waals surface area contributed by atoms with E-state index in [1.807, 2.05) is 17.0 Å². The van der Waals surface area contributed by atoms with E-state index in [1.165, 1.54) is 18.2 Å². The van der Waals surface area contributed by atoms with Crippen molar-refractivity contribution >= 4 is 23.2 Å². The summed E-state index contributed by atoms with van der Waals surface area (Å²) < 4.78 is 13.5. The average molecular weight is 424 g/mol. The highest BCUT2D eigenvalue weighted by Gasteiger charge is 2.25. The Morgan fingerprint density at radius 1 is 0.968 bits per heavy atom. The minimum absolute atomic E-state index is 0.0233. The fourth-order valence-electron chi connectivity index (χ4n) is 4.41. The lowest BCUT2D eigenvalue weighted by atomic mass is 9.97. The molecule has 0 saturated carbocycles. The van der Waals surface area contributed by atoms with Crippen LogP contribution in [0.5, 0.6) is 0 Å². The number of piperidine rings is 2. The van der Waals surface area contributed by atoms with E-state index >= 15 is 0 Å². The van der Waals surface area contributed by atoms with Gasteiger partial charge in [0.2, 0.25) is 0 Å². The molecule has 0 aromatic heterocycles. The van der Waals surface area contributed by atoms with E-state index in [0.29, 0.717) is 17.2 Å². The number of nitrogens with zero attached hydrogens (tertiary/aromatic N) is 2. The Morgan fingerprint density at radius 3 is 2.42 bits per heavy atom. The van der Waals surface area contributed by atoms with Crippen LogP contribution in [0.1, 0.15) is 59.7 Å². The second-order valence-corrected chi connectivity index (χ2v) is 8.72. The first-order chi connectivity index (χ1) is 15.0. The fourth-order valence-corrected chi connectivity index (χ4v) is 4.41. The molecule has 2 aliphatic rings. The molecule has 0 unspecified atom stereocenters. The summed E-state index contributed by atoms with van der Waals surface area (Å²) in [6, 6.07) is 11.1. The molecule has 0 radical (unpaired) electrons.